The van der Waals surface area contributed by atoms with E-state index in [1.54, 1.807) is 5.38 Å². The summed E-state index contributed by atoms with van der Waals surface area (Å²) in [4.78, 5) is 28.2. The molecular weight excluding hydrogens is 420 g/mol. The first-order chi connectivity index (χ1) is 13.7. The summed E-state index contributed by atoms with van der Waals surface area (Å²) in [5.74, 6) is -0.523. The first-order valence-corrected chi connectivity index (χ1v) is 9.48. The van der Waals surface area contributed by atoms with Crippen molar-refractivity contribution in [2.75, 3.05) is 5.32 Å². The smallest absolute Gasteiger partial charge is 0.344 e. The number of anilines is 1. The van der Waals surface area contributed by atoms with Gasteiger partial charge in [-0.1, -0.05) is 12.1 Å². The number of halogens is 3. The summed E-state index contributed by atoms with van der Waals surface area (Å²) in [6.07, 6.45) is 1.34. The topological polar surface area (TPSA) is 85.2 Å². The van der Waals surface area contributed by atoms with Crippen LogP contribution in [-0.4, -0.2) is 44.4 Å². The average Bonchev–Trinajstić information content (AvgIpc) is 2.99. The second-order valence-corrected chi connectivity index (χ2v) is 7.05. The highest BCUT2D eigenvalue weighted by atomic mass is 32.1. The molecule has 11 heteroatoms. The third-order valence-electron chi connectivity index (χ3n) is 3.68. The first kappa shape index (κ1) is 20.8. The molecule has 1 aliphatic heterocycles. The Kier molecular flexibility index (Phi) is 6.15. The van der Waals surface area contributed by atoms with Crippen LogP contribution in [0.15, 0.2) is 53.1 Å². The fourth-order valence-electron chi connectivity index (χ4n) is 2.36. The second kappa shape index (κ2) is 8.59. The minimum atomic E-state index is -4.41. The Balaban J connectivity index is 1.76. The highest BCUT2D eigenvalue weighted by molar-refractivity contribution is 7.14. The number of carbonyl (C=O) groups excluding carboxylic acids is 2. The van der Waals surface area contributed by atoms with Crippen LogP contribution in [0.5, 0.6) is 0 Å². The number of benzene rings is 1. The predicted molar refractivity (Wildman–Crippen MR) is 106 cm³/mol. The number of aromatic nitrogens is 1. The van der Waals surface area contributed by atoms with Gasteiger partial charge >= 0.3 is 6.18 Å². The van der Waals surface area contributed by atoms with Gasteiger partial charge in [-0.2, -0.15) is 13.2 Å². The van der Waals surface area contributed by atoms with Gasteiger partial charge in [0.25, 0.3) is 34.6 Å². The summed E-state index contributed by atoms with van der Waals surface area (Å²) in [7, 11) is 0. The van der Waals surface area contributed by atoms with Crippen molar-refractivity contribution in [1.82, 2.24) is 15.0 Å². The Labute approximate surface area is 175 Å². The van der Waals surface area contributed by atoms with Gasteiger partial charge in [-0.25, -0.2) is 4.98 Å². The first-order valence-electron chi connectivity index (χ1n) is 8.02. The van der Waals surface area contributed by atoms with Gasteiger partial charge in [0.1, 0.15) is 4.77 Å². The van der Waals surface area contributed by atoms with E-state index < -0.39 is 22.4 Å². The van der Waals surface area contributed by atoms with E-state index in [1.165, 1.54) is 36.7 Å². The Hall–Kier alpha value is -2.96. The number of carbonyl (C=O) groups is 2. The van der Waals surface area contributed by atoms with Crippen molar-refractivity contribution in [1.29, 1.82) is 0 Å². The zero-order valence-electron chi connectivity index (χ0n) is 14.5. The number of nitrogens with one attached hydrogen (secondary N) is 2. The van der Waals surface area contributed by atoms with Crippen LogP contribution >= 0.6 is 11.3 Å². The van der Waals surface area contributed by atoms with Crippen molar-refractivity contribution in [3.63, 3.8) is 0 Å². The minimum Gasteiger partial charge on any atom is -0.344 e. The van der Waals surface area contributed by atoms with E-state index in [2.05, 4.69) is 20.3 Å². The molecule has 2 heterocycles. The standard InChI is InChI=1S/C18H10F3N4O2S.Al/c19-18(20,21)12-3-1-11(2-4-12)15-9-28-17(24-15)25-16(27)13-5-7-22-8-6-14(13)23-10-26;/h1-9H,(H-,23,24,25,26,27);/p+1. The number of hydrogen-bond donors (Lipinski definition) is 2. The second-order valence-electron chi connectivity index (χ2n) is 5.66. The van der Waals surface area contributed by atoms with Crippen molar-refractivity contribution in [3.8, 4) is 11.3 Å². The summed E-state index contributed by atoms with van der Waals surface area (Å²) in [6.45, 7) is 0. The van der Waals surface area contributed by atoms with E-state index in [-0.39, 0.29) is 16.4 Å². The Morgan fingerprint density at radius 3 is 2.41 bits per heavy atom. The molecule has 29 heavy (non-hydrogen) atoms. The molecule has 1 aromatic heterocycles. The lowest BCUT2D eigenvalue weighted by molar-refractivity contribution is -0.137. The van der Waals surface area contributed by atoms with Gasteiger partial charge in [-0.3, -0.25) is 10.1 Å². The van der Waals surface area contributed by atoms with Crippen LogP contribution < -0.4 is 15.3 Å². The number of rotatable bonds is 4. The lowest BCUT2D eigenvalue weighted by atomic mass is 10.1. The fraction of sp³-hybridized carbons (Fsp3) is 0.0556. The number of hydrogen-bond acceptors (Lipinski definition) is 4. The van der Waals surface area contributed by atoms with Crippen LogP contribution in [0.2, 0.25) is 0 Å². The van der Waals surface area contributed by atoms with E-state index in [9.17, 15) is 22.8 Å². The molecule has 2 aromatic rings. The summed E-state index contributed by atoms with van der Waals surface area (Å²) in [6, 6.07) is 4.58. The Morgan fingerprint density at radius 1 is 1.07 bits per heavy atom. The maximum atomic E-state index is 12.7. The van der Waals surface area contributed by atoms with Gasteiger partial charge in [-0.15, -0.1) is 16.0 Å². The normalized spacial score (nSPS) is 13.3. The maximum Gasteiger partial charge on any atom is 0.416 e. The van der Waals surface area contributed by atoms with Crippen LogP contribution in [0.1, 0.15) is 5.56 Å². The zero-order valence-corrected chi connectivity index (χ0v) is 16.5. The third-order valence-corrected chi connectivity index (χ3v) is 4.58. The van der Waals surface area contributed by atoms with Gasteiger partial charge in [-0.05, 0) is 12.1 Å². The lowest BCUT2D eigenvalue weighted by Gasteiger charge is -2.10. The summed E-state index contributed by atoms with van der Waals surface area (Å²) >= 11 is 3.07. The molecule has 0 bridgehead atoms. The van der Waals surface area contributed by atoms with Gasteiger partial charge < -0.3 is 10.1 Å². The molecule has 2 N–H and O–H groups in total. The SMILES string of the molecule is O=[C]([Al])NC1=CC=[N+]=CC=C1C(=O)Nc1nc(-c2ccc(C(F)(F)F)cc2)cs1. The van der Waals surface area contributed by atoms with Crippen LogP contribution in [-0.2, 0) is 11.0 Å². The monoisotopic (exact) mass is 431 g/mol. The molecule has 3 rings (SSSR count). The van der Waals surface area contributed by atoms with Crippen LogP contribution in [0, 0.1) is 0 Å². The number of nitrogens with zero attached hydrogens (tertiary/aromatic N) is 2. The van der Waals surface area contributed by atoms with Crippen molar-refractivity contribution in [2.45, 2.75) is 6.18 Å². The largest absolute Gasteiger partial charge is 0.416 e. The summed E-state index contributed by atoms with van der Waals surface area (Å²) < 4.78 is 41.5. The number of allylic oxidation sites excluding steroid dienone is 2. The number of amides is 2. The molecule has 2 amide bonds. The van der Waals surface area contributed by atoms with E-state index in [1.807, 2.05) is 16.3 Å². The molecule has 0 unspecified atom stereocenters. The van der Waals surface area contributed by atoms with Crippen molar-refractivity contribution < 1.29 is 22.8 Å². The number of alkyl halides is 3. The van der Waals surface area contributed by atoms with Gasteiger partial charge in [0.05, 0.1) is 22.5 Å². The molecule has 0 atom stereocenters. The third kappa shape index (κ3) is 5.31. The minimum absolute atomic E-state index is 0.171. The molecule has 0 fully saturated rings. The molecule has 0 saturated carbocycles. The van der Waals surface area contributed by atoms with Gasteiger partial charge in [0.15, 0.2) is 5.13 Å². The lowest BCUT2D eigenvalue weighted by Crippen LogP contribution is -2.27. The van der Waals surface area contributed by atoms with E-state index in [0.29, 0.717) is 11.3 Å². The molecule has 144 valence electrons. The van der Waals surface area contributed by atoms with Crippen molar-refractivity contribution in [2.24, 2.45) is 0 Å². The molecule has 2 radical (unpaired) electrons. The van der Waals surface area contributed by atoms with Gasteiger partial charge in [0, 0.05) is 23.1 Å². The molecular formula is C18H11AlF3N4O2S+. The van der Waals surface area contributed by atoms with Crippen LogP contribution in [0.3, 0.4) is 0 Å². The molecule has 1 aromatic carbocycles. The number of thiazole rings is 1. The van der Waals surface area contributed by atoms with Crippen molar-refractivity contribution >= 4 is 55.9 Å². The molecule has 6 nitrogen and oxygen atoms in total. The molecule has 0 saturated heterocycles. The Bertz CT molecular complexity index is 1080. The Morgan fingerprint density at radius 2 is 1.76 bits per heavy atom. The quantitative estimate of drug-likeness (QED) is 0.577. The van der Waals surface area contributed by atoms with Gasteiger partial charge in [0.2, 0.25) is 0 Å². The van der Waals surface area contributed by atoms with E-state index >= 15 is 0 Å². The fourth-order valence-corrected chi connectivity index (χ4v) is 3.23. The van der Waals surface area contributed by atoms with E-state index in [4.69, 9.17) is 0 Å². The maximum absolute atomic E-state index is 12.7. The van der Waals surface area contributed by atoms with Crippen LogP contribution in [0.4, 0.5) is 23.1 Å². The highest BCUT2D eigenvalue weighted by Crippen LogP contribution is 2.32. The highest BCUT2D eigenvalue weighted by Gasteiger charge is 2.30. The summed E-state index contributed by atoms with van der Waals surface area (Å²) in [5, 5.41) is 7.02. The molecule has 0 aliphatic carbocycles. The average molecular weight is 431 g/mol. The molecule has 0 spiro atoms. The van der Waals surface area contributed by atoms with E-state index in [0.717, 1.165) is 23.5 Å². The van der Waals surface area contributed by atoms with Crippen molar-refractivity contribution in [3.05, 3.63) is 58.6 Å². The van der Waals surface area contributed by atoms with Crippen LogP contribution in [0.25, 0.3) is 11.3 Å². The zero-order chi connectivity index (χ0) is 21.0. The summed E-state index contributed by atoms with van der Waals surface area (Å²) in [5.41, 5.74) is 0.599. The molecule has 1 aliphatic rings. The predicted octanol–water partition coefficient (Wildman–Crippen LogP) is 2.68.